The molecule has 124 valence electrons. The summed E-state index contributed by atoms with van der Waals surface area (Å²) in [6, 6.07) is 4.66. The Morgan fingerprint density at radius 2 is 2.04 bits per heavy atom. The van der Waals surface area contributed by atoms with Crippen LogP contribution in [0.1, 0.15) is 17.9 Å². The first-order chi connectivity index (χ1) is 11.3. The topological polar surface area (TPSA) is 136 Å². The molecule has 0 radical (unpaired) electrons. The van der Waals surface area contributed by atoms with Crippen LogP contribution >= 0.6 is 23.2 Å². The Labute approximate surface area is 146 Å². The second-order valence-corrected chi connectivity index (χ2v) is 5.99. The molecule has 2 aromatic rings. The molecule has 10 heteroatoms. The quantitative estimate of drug-likeness (QED) is 0.641. The van der Waals surface area contributed by atoms with E-state index in [4.69, 9.17) is 34.7 Å². The van der Waals surface area contributed by atoms with Crippen molar-refractivity contribution in [2.75, 3.05) is 22.1 Å². The molecule has 0 saturated heterocycles. The predicted octanol–water partition coefficient (Wildman–Crippen LogP) is 2.01. The molecule has 1 aromatic carbocycles. The molecule has 0 aliphatic carbocycles. The lowest BCUT2D eigenvalue weighted by Gasteiger charge is -2.25. The number of nitrogen functional groups attached to an aromatic ring is 2. The van der Waals surface area contributed by atoms with Crippen LogP contribution in [0.25, 0.3) is 0 Å². The number of nitrogens with zero attached hydrogens (tertiary/aromatic N) is 2. The van der Waals surface area contributed by atoms with Crippen LogP contribution in [0.2, 0.25) is 10.0 Å². The van der Waals surface area contributed by atoms with E-state index < -0.39 is 11.8 Å². The lowest BCUT2D eigenvalue weighted by atomic mass is 9.92. The fourth-order valence-corrected chi connectivity index (χ4v) is 2.79. The maximum atomic E-state index is 12.6. The van der Waals surface area contributed by atoms with Crippen LogP contribution in [0, 0.1) is 0 Å². The Hall–Kier alpha value is -2.58. The molecular formula is C14H12Cl2N6O2. The molecule has 3 rings (SSSR count). The van der Waals surface area contributed by atoms with Gasteiger partial charge in [-0.1, -0.05) is 23.2 Å². The van der Waals surface area contributed by atoms with Gasteiger partial charge < -0.3 is 22.1 Å². The number of hydrogen-bond donors (Lipinski definition) is 4. The zero-order valence-corrected chi connectivity index (χ0v) is 13.6. The molecule has 0 unspecified atom stereocenters. The first-order valence-corrected chi connectivity index (χ1v) is 7.59. The number of nitrogens with one attached hydrogen (secondary N) is 2. The zero-order valence-electron chi connectivity index (χ0n) is 12.1. The van der Waals surface area contributed by atoms with Crippen molar-refractivity contribution in [2.24, 2.45) is 0 Å². The molecule has 0 saturated carbocycles. The van der Waals surface area contributed by atoms with Gasteiger partial charge in [-0.25, -0.2) is 0 Å². The molecule has 1 aliphatic rings. The van der Waals surface area contributed by atoms with E-state index in [0.29, 0.717) is 21.3 Å². The van der Waals surface area contributed by atoms with Gasteiger partial charge in [0.05, 0.1) is 22.2 Å². The lowest BCUT2D eigenvalue weighted by molar-refractivity contribution is -0.123. The van der Waals surface area contributed by atoms with Gasteiger partial charge in [0.25, 0.3) is 0 Å². The highest BCUT2D eigenvalue weighted by molar-refractivity contribution is 6.35. The van der Waals surface area contributed by atoms with Crippen molar-refractivity contribution in [3.8, 4) is 0 Å². The summed E-state index contributed by atoms with van der Waals surface area (Å²) in [7, 11) is 0. The van der Waals surface area contributed by atoms with Crippen LogP contribution < -0.4 is 22.1 Å². The fourth-order valence-electron chi connectivity index (χ4n) is 2.45. The molecule has 0 spiro atoms. The predicted molar refractivity (Wildman–Crippen MR) is 91.9 cm³/mol. The van der Waals surface area contributed by atoms with Crippen molar-refractivity contribution < 1.29 is 9.59 Å². The Balaban J connectivity index is 1.96. The fraction of sp³-hybridized carbons (Fsp3) is 0.143. The summed E-state index contributed by atoms with van der Waals surface area (Å²) in [4.78, 5) is 32.3. The maximum Gasteiger partial charge on any atom is 0.232 e. The van der Waals surface area contributed by atoms with Gasteiger partial charge in [0.1, 0.15) is 11.6 Å². The van der Waals surface area contributed by atoms with Crippen molar-refractivity contribution in [2.45, 2.75) is 12.3 Å². The van der Waals surface area contributed by atoms with E-state index in [-0.39, 0.29) is 29.9 Å². The third kappa shape index (κ3) is 3.06. The van der Waals surface area contributed by atoms with Gasteiger partial charge in [0.2, 0.25) is 17.8 Å². The SMILES string of the molecule is Nc1nc(N)c2c(n1)NC(=O)C[C@H]2C(=O)Nc1cc(Cl)ccc1Cl. The standard InChI is InChI=1S/C14H12Cl2N6O2/c15-5-1-2-7(16)8(3-5)19-13(24)6-4-9(23)20-12-10(6)11(17)21-14(18)22-12/h1-3,6H,4H2,(H,19,24)(H5,17,18,20,21,22,23)/t6-/m1/s1. The summed E-state index contributed by atoms with van der Waals surface area (Å²) in [5.41, 5.74) is 12.0. The lowest BCUT2D eigenvalue weighted by Crippen LogP contribution is -2.32. The third-order valence-corrected chi connectivity index (χ3v) is 4.06. The van der Waals surface area contributed by atoms with E-state index >= 15 is 0 Å². The van der Waals surface area contributed by atoms with E-state index in [1.807, 2.05) is 0 Å². The molecule has 1 aromatic heterocycles. The molecule has 24 heavy (non-hydrogen) atoms. The first kappa shape index (κ1) is 16.3. The van der Waals surface area contributed by atoms with E-state index in [2.05, 4.69) is 20.6 Å². The van der Waals surface area contributed by atoms with E-state index in [1.165, 1.54) is 6.07 Å². The van der Waals surface area contributed by atoms with Crippen LogP contribution in [0.5, 0.6) is 0 Å². The number of nitrogens with two attached hydrogens (primary N) is 2. The zero-order chi connectivity index (χ0) is 17.4. The number of carbonyl (C=O) groups is 2. The van der Waals surface area contributed by atoms with Gasteiger partial charge in [-0.2, -0.15) is 9.97 Å². The number of rotatable bonds is 2. The van der Waals surface area contributed by atoms with Crippen LogP contribution in [0.15, 0.2) is 18.2 Å². The van der Waals surface area contributed by atoms with Crippen molar-refractivity contribution in [1.82, 2.24) is 9.97 Å². The molecule has 0 fully saturated rings. The average molecular weight is 367 g/mol. The molecule has 2 amide bonds. The minimum Gasteiger partial charge on any atom is -0.383 e. The number of carbonyl (C=O) groups excluding carboxylic acids is 2. The van der Waals surface area contributed by atoms with E-state index in [1.54, 1.807) is 12.1 Å². The number of benzene rings is 1. The van der Waals surface area contributed by atoms with E-state index in [9.17, 15) is 9.59 Å². The number of fused-ring (bicyclic) bond motifs is 1. The minimum atomic E-state index is -0.871. The van der Waals surface area contributed by atoms with Gasteiger partial charge in [0, 0.05) is 11.4 Å². The van der Waals surface area contributed by atoms with Gasteiger partial charge in [-0.15, -0.1) is 0 Å². The highest BCUT2D eigenvalue weighted by Gasteiger charge is 2.34. The van der Waals surface area contributed by atoms with Crippen LogP contribution in [0.3, 0.4) is 0 Å². The third-order valence-electron chi connectivity index (χ3n) is 3.49. The molecule has 2 heterocycles. The first-order valence-electron chi connectivity index (χ1n) is 6.84. The maximum absolute atomic E-state index is 12.6. The highest BCUT2D eigenvalue weighted by Crippen LogP contribution is 2.36. The van der Waals surface area contributed by atoms with Crippen molar-refractivity contribution in [3.05, 3.63) is 33.8 Å². The average Bonchev–Trinajstić information content (AvgIpc) is 2.49. The summed E-state index contributed by atoms with van der Waals surface area (Å²) in [6.45, 7) is 0. The Bertz CT molecular complexity index is 857. The molecule has 8 nitrogen and oxygen atoms in total. The van der Waals surface area contributed by atoms with Gasteiger partial charge in [-0.3, -0.25) is 9.59 Å². The summed E-state index contributed by atoms with van der Waals surface area (Å²) in [5, 5.41) is 5.90. The smallest absolute Gasteiger partial charge is 0.232 e. The van der Waals surface area contributed by atoms with Gasteiger partial charge >= 0.3 is 0 Å². The summed E-state index contributed by atoms with van der Waals surface area (Å²) in [5.74, 6) is -1.65. The van der Waals surface area contributed by atoms with Gasteiger partial charge in [0.15, 0.2) is 0 Å². The number of amides is 2. The second kappa shape index (κ2) is 6.14. The minimum absolute atomic E-state index is 0.0369. The number of halogens is 2. The Kier molecular flexibility index (Phi) is 4.16. The van der Waals surface area contributed by atoms with Crippen molar-refractivity contribution in [3.63, 3.8) is 0 Å². The number of hydrogen-bond acceptors (Lipinski definition) is 6. The number of aromatic nitrogens is 2. The highest BCUT2D eigenvalue weighted by atomic mass is 35.5. The Morgan fingerprint density at radius 1 is 1.29 bits per heavy atom. The summed E-state index contributed by atoms with van der Waals surface area (Å²) >= 11 is 11.9. The van der Waals surface area contributed by atoms with Crippen LogP contribution in [-0.4, -0.2) is 21.8 Å². The van der Waals surface area contributed by atoms with Crippen LogP contribution in [0.4, 0.5) is 23.3 Å². The largest absolute Gasteiger partial charge is 0.383 e. The van der Waals surface area contributed by atoms with Crippen molar-refractivity contribution >= 4 is 58.3 Å². The molecule has 6 N–H and O–H groups in total. The van der Waals surface area contributed by atoms with Crippen LogP contribution in [-0.2, 0) is 9.59 Å². The molecule has 1 aliphatic heterocycles. The van der Waals surface area contributed by atoms with E-state index in [0.717, 1.165) is 0 Å². The summed E-state index contributed by atoms with van der Waals surface area (Å²) in [6.07, 6.45) is -0.103. The molecule has 1 atom stereocenters. The summed E-state index contributed by atoms with van der Waals surface area (Å²) < 4.78 is 0. The Morgan fingerprint density at radius 3 is 2.79 bits per heavy atom. The second-order valence-electron chi connectivity index (χ2n) is 5.15. The molecular weight excluding hydrogens is 355 g/mol. The van der Waals surface area contributed by atoms with Gasteiger partial charge in [-0.05, 0) is 18.2 Å². The van der Waals surface area contributed by atoms with Crippen molar-refractivity contribution in [1.29, 1.82) is 0 Å². The molecule has 0 bridgehead atoms. The number of anilines is 4. The normalized spacial score (nSPS) is 16.2. The monoisotopic (exact) mass is 366 g/mol.